The molecule has 0 saturated heterocycles. The van der Waals surface area contributed by atoms with Crippen LogP contribution in [0.5, 0.6) is 5.75 Å². The molecule has 2 saturated carbocycles. The first-order chi connectivity index (χ1) is 13.9. The number of hydrogen-bond donors (Lipinski definition) is 2. The second-order valence-electron chi connectivity index (χ2n) is 7.91. The molecular weight excluding hydrogens is 374 g/mol. The van der Waals surface area contributed by atoms with E-state index in [-0.39, 0.29) is 42.4 Å². The molecule has 2 unspecified atom stereocenters. The topological polar surface area (TPSA) is 105 Å². The van der Waals surface area contributed by atoms with Crippen LogP contribution >= 0.6 is 0 Å². The van der Waals surface area contributed by atoms with Gasteiger partial charge in [0.05, 0.1) is 24.7 Å². The van der Waals surface area contributed by atoms with Gasteiger partial charge in [-0.1, -0.05) is 24.2 Å². The van der Waals surface area contributed by atoms with Crippen LogP contribution in [0.2, 0.25) is 0 Å². The number of rotatable bonds is 8. The fourth-order valence-corrected chi connectivity index (χ4v) is 4.97. The molecule has 7 heteroatoms. The van der Waals surface area contributed by atoms with Gasteiger partial charge < -0.3 is 19.8 Å². The molecule has 0 amide bonds. The largest absolute Gasteiger partial charge is 0.481 e. The number of carbonyl (C=O) groups is 2. The van der Waals surface area contributed by atoms with Crippen LogP contribution in [-0.2, 0) is 14.4 Å². The first-order valence-corrected chi connectivity index (χ1v) is 10.1. The average molecular weight is 402 g/mol. The summed E-state index contributed by atoms with van der Waals surface area (Å²) in [6.45, 7) is 2.04. The molecule has 2 N–H and O–H groups in total. The molecule has 0 spiro atoms. The number of ether oxygens (including phenoxy) is 1. The quantitative estimate of drug-likeness (QED) is 0.299. The Bertz CT molecular complexity index is 776. The standard InChI is InChI=1S/C22H28NO6/c1-3-18(23-28-2)22-16(9-13-10-17(22)19(24)11-13)14-5-4-6-15(12-14)29-21(27)8-7-20(25)26/h4-5,12-13,16-17,19,22,24H,3,7-11H2,1-2H3,(H,25,26)/t13?,16-,17+,19?,22+/m1/s1. The Kier molecular flexibility index (Phi) is 6.90. The second-order valence-corrected chi connectivity index (χ2v) is 7.91. The maximum Gasteiger partial charge on any atom is 0.311 e. The Labute approximate surface area is 170 Å². The molecule has 0 aromatic heterocycles. The van der Waals surface area contributed by atoms with E-state index in [9.17, 15) is 14.7 Å². The average Bonchev–Trinajstić information content (AvgIpc) is 2.99. The first-order valence-electron chi connectivity index (χ1n) is 10.1. The summed E-state index contributed by atoms with van der Waals surface area (Å²) in [7, 11) is 1.54. The second kappa shape index (κ2) is 9.39. The van der Waals surface area contributed by atoms with Crippen LogP contribution in [0.3, 0.4) is 0 Å². The number of carboxylic acids is 1. The number of fused-ring (bicyclic) bond motifs is 2. The van der Waals surface area contributed by atoms with Crippen LogP contribution in [0.25, 0.3) is 0 Å². The number of benzene rings is 1. The highest BCUT2D eigenvalue weighted by molar-refractivity contribution is 5.87. The van der Waals surface area contributed by atoms with Gasteiger partial charge in [-0.25, -0.2) is 0 Å². The Morgan fingerprint density at radius 2 is 2.07 bits per heavy atom. The molecule has 3 rings (SSSR count). The number of nitrogens with zero attached hydrogens (tertiary/aromatic N) is 1. The van der Waals surface area contributed by atoms with Crippen LogP contribution in [-0.4, -0.2) is 41.1 Å². The highest BCUT2D eigenvalue weighted by atomic mass is 16.6. The highest BCUT2D eigenvalue weighted by Crippen LogP contribution is 2.53. The van der Waals surface area contributed by atoms with Gasteiger partial charge in [-0.05, 0) is 55.1 Å². The lowest BCUT2D eigenvalue weighted by atomic mass is 9.67. The predicted octanol–water partition coefficient (Wildman–Crippen LogP) is 3.16. The summed E-state index contributed by atoms with van der Waals surface area (Å²) in [5, 5.41) is 23.6. The monoisotopic (exact) mass is 402 g/mol. The third kappa shape index (κ3) is 4.96. The van der Waals surface area contributed by atoms with Gasteiger partial charge in [0, 0.05) is 12.0 Å². The molecule has 1 aromatic carbocycles. The van der Waals surface area contributed by atoms with E-state index in [1.807, 2.05) is 13.0 Å². The Morgan fingerprint density at radius 3 is 2.76 bits per heavy atom. The number of oxime groups is 1. The summed E-state index contributed by atoms with van der Waals surface area (Å²) in [6, 6.07) is 8.38. The van der Waals surface area contributed by atoms with Crippen molar-refractivity contribution in [3.8, 4) is 5.75 Å². The van der Waals surface area contributed by atoms with Crippen LogP contribution in [0.4, 0.5) is 0 Å². The fourth-order valence-electron chi connectivity index (χ4n) is 4.97. The summed E-state index contributed by atoms with van der Waals surface area (Å²) < 4.78 is 5.29. The third-order valence-corrected chi connectivity index (χ3v) is 6.11. The zero-order valence-corrected chi connectivity index (χ0v) is 16.8. The van der Waals surface area contributed by atoms with E-state index in [2.05, 4.69) is 11.2 Å². The minimum absolute atomic E-state index is 0.0617. The van der Waals surface area contributed by atoms with Crippen molar-refractivity contribution in [2.45, 2.75) is 57.5 Å². The molecule has 157 valence electrons. The van der Waals surface area contributed by atoms with Gasteiger partial charge in [-0.15, -0.1) is 0 Å². The minimum atomic E-state index is -1.04. The first kappa shape index (κ1) is 21.3. The van der Waals surface area contributed by atoms with E-state index >= 15 is 0 Å². The van der Waals surface area contributed by atoms with Gasteiger partial charge >= 0.3 is 11.9 Å². The van der Waals surface area contributed by atoms with E-state index in [4.69, 9.17) is 14.7 Å². The fraction of sp³-hybridized carbons (Fsp3) is 0.591. The van der Waals surface area contributed by atoms with Gasteiger partial charge in [-0.2, -0.15) is 0 Å². The summed E-state index contributed by atoms with van der Waals surface area (Å²) >= 11 is 0. The molecule has 1 aromatic rings. The molecule has 0 heterocycles. The van der Waals surface area contributed by atoms with Crippen LogP contribution in [0, 0.1) is 23.8 Å². The van der Waals surface area contributed by atoms with Crippen molar-refractivity contribution in [2.24, 2.45) is 22.9 Å². The van der Waals surface area contributed by atoms with E-state index < -0.39 is 11.9 Å². The molecule has 5 atom stereocenters. The molecular formula is C22H28NO6. The molecule has 2 aliphatic carbocycles. The van der Waals surface area contributed by atoms with Crippen molar-refractivity contribution < 1.29 is 29.4 Å². The zero-order chi connectivity index (χ0) is 21.0. The number of aliphatic hydroxyl groups excluding tert-OH is 1. The SMILES string of the molecule is CCC(=NOC)[C@H]1[C@@H](c2cc[c]c(OC(=O)CCC(=O)O)c2)CC2CC(O)[C@@H]1C2. The lowest BCUT2D eigenvalue weighted by Gasteiger charge is -2.38. The van der Waals surface area contributed by atoms with Crippen LogP contribution in [0.15, 0.2) is 23.4 Å². The predicted molar refractivity (Wildman–Crippen MR) is 106 cm³/mol. The van der Waals surface area contributed by atoms with Gasteiger partial charge in [-0.3, -0.25) is 9.59 Å². The van der Waals surface area contributed by atoms with Crippen molar-refractivity contribution in [3.05, 3.63) is 29.8 Å². The minimum Gasteiger partial charge on any atom is -0.481 e. The number of hydrogen-bond acceptors (Lipinski definition) is 6. The normalized spacial score (nSPS) is 28.8. The van der Waals surface area contributed by atoms with E-state index in [0.717, 1.165) is 37.0 Å². The number of carboxylic acid groups (broad SMARTS) is 1. The van der Waals surface area contributed by atoms with Gasteiger partial charge in [0.15, 0.2) is 0 Å². The van der Waals surface area contributed by atoms with E-state index in [0.29, 0.717) is 5.92 Å². The smallest absolute Gasteiger partial charge is 0.311 e. The van der Waals surface area contributed by atoms with Gasteiger partial charge in [0.2, 0.25) is 0 Å². The molecule has 1 radical (unpaired) electrons. The zero-order valence-electron chi connectivity index (χ0n) is 16.8. The molecule has 7 nitrogen and oxygen atoms in total. The molecule has 2 fully saturated rings. The van der Waals surface area contributed by atoms with Gasteiger partial charge in [0.1, 0.15) is 12.9 Å². The van der Waals surface area contributed by atoms with Crippen molar-refractivity contribution >= 4 is 17.7 Å². The Balaban J connectivity index is 1.84. The number of aliphatic carboxylic acids is 1. The maximum absolute atomic E-state index is 11.9. The Hall–Kier alpha value is -2.41. The van der Waals surface area contributed by atoms with Gasteiger partial charge in [0.25, 0.3) is 0 Å². The van der Waals surface area contributed by atoms with Crippen molar-refractivity contribution in [2.75, 3.05) is 7.11 Å². The molecule has 2 aliphatic rings. The van der Waals surface area contributed by atoms with Crippen molar-refractivity contribution in [1.29, 1.82) is 0 Å². The lowest BCUT2D eigenvalue weighted by molar-refractivity contribution is -0.142. The summed E-state index contributed by atoms with van der Waals surface area (Å²) in [6.07, 6.45) is 2.66. The summed E-state index contributed by atoms with van der Waals surface area (Å²) in [5.41, 5.74) is 1.95. The van der Waals surface area contributed by atoms with Crippen LogP contribution in [0.1, 0.15) is 56.9 Å². The lowest BCUT2D eigenvalue weighted by Crippen LogP contribution is -2.36. The summed E-state index contributed by atoms with van der Waals surface area (Å²) in [5.74, 6) is -0.546. The summed E-state index contributed by atoms with van der Waals surface area (Å²) in [4.78, 5) is 27.6. The van der Waals surface area contributed by atoms with Crippen LogP contribution < -0.4 is 4.74 Å². The number of aliphatic hydroxyl groups is 1. The number of carbonyl (C=O) groups excluding carboxylic acids is 1. The highest BCUT2D eigenvalue weighted by Gasteiger charge is 2.48. The molecule has 29 heavy (non-hydrogen) atoms. The molecule has 0 aliphatic heterocycles. The molecule has 2 bridgehead atoms. The van der Waals surface area contributed by atoms with E-state index in [1.165, 1.54) is 7.11 Å². The Morgan fingerprint density at radius 1 is 1.28 bits per heavy atom. The third-order valence-electron chi connectivity index (χ3n) is 6.11. The van der Waals surface area contributed by atoms with Crippen molar-refractivity contribution in [3.63, 3.8) is 0 Å². The van der Waals surface area contributed by atoms with Crippen molar-refractivity contribution in [1.82, 2.24) is 0 Å². The maximum atomic E-state index is 11.9. The number of esters is 1. The van der Waals surface area contributed by atoms with E-state index in [1.54, 1.807) is 12.1 Å².